The number of hydrogen-bond acceptors (Lipinski definition) is 1. The summed E-state index contributed by atoms with van der Waals surface area (Å²) in [5, 5.41) is 14.5. The fourth-order valence-electron chi connectivity index (χ4n) is 5.26. The molecule has 0 aliphatic carbocycles. The molecular weight excluding hydrogens is 380 g/mol. The minimum Gasteiger partial charge on any atom is -0.393 e. The van der Waals surface area contributed by atoms with E-state index >= 15 is 0 Å². The molecule has 0 saturated carbocycles. The summed E-state index contributed by atoms with van der Waals surface area (Å²) in [5.41, 5.74) is 1.34. The van der Waals surface area contributed by atoms with Crippen molar-refractivity contribution in [3.8, 4) is 0 Å². The lowest BCUT2D eigenvalue weighted by Crippen LogP contribution is -2.70. The fraction of sp³-hybridized carbons (Fsp3) is 0.357. The first-order chi connectivity index (χ1) is 14.4. The normalized spacial score (nSPS) is 14.3. The third-order valence-electron chi connectivity index (χ3n) is 6.50. The lowest BCUT2D eigenvalue weighted by molar-refractivity contribution is 0.152. The molecule has 0 aromatic heterocycles. The van der Waals surface area contributed by atoms with Crippen LogP contribution in [0.25, 0.3) is 0 Å². The molecule has 3 aromatic rings. The summed E-state index contributed by atoms with van der Waals surface area (Å²) in [5.74, 6) is 0. The molecule has 1 N–H and O–H groups in total. The Kier molecular flexibility index (Phi) is 7.33. The maximum atomic E-state index is 11.7. The lowest BCUT2D eigenvalue weighted by atomic mass is 10.0. The summed E-state index contributed by atoms with van der Waals surface area (Å²) < 4.78 is 0. The first-order valence-corrected chi connectivity index (χ1v) is 13.3. The largest absolute Gasteiger partial charge is 0.393 e. The average Bonchev–Trinajstić information content (AvgIpc) is 2.76. The van der Waals surface area contributed by atoms with Crippen molar-refractivity contribution in [1.29, 1.82) is 0 Å². The Balaban J connectivity index is 2.37. The molecule has 0 heterocycles. The Morgan fingerprint density at radius 3 is 1.57 bits per heavy atom. The molecule has 1 nitrogen and oxygen atoms in total. The molecule has 30 heavy (non-hydrogen) atoms. The van der Waals surface area contributed by atoms with Gasteiger partial charge in [0.25, 0.3) is 0 Å². The van der Waals surface area contributed by atoms with E-state index in [2.05, 4.69) is 119 Å². The van der Waals surface area contributed by atoms with E-state index in [9.17, 15) is 5.11 Å². The molecule has 0 aliphatic rings. The number of unbranched alkanes of at least 4 members (excludes halogenated alkanes) is 1. The fourth-order valence-corrected chi connectivity index (χ4v) is 11.9. The van der Waals surface area contributed by atoms with Crippen molar-refractivity contribution >= 4 is 18.4 Å². The van der Waals surface area contributed by atoms with E-state index in [1.54, 1.807) is 0 Å². The van der Waals surface area contributed by atoms with Crippen LogP contribution < -0.4 is 10.4 Å². The molecule has 158 valence electrons. The first kappa shape index (κ1) is 22.5. The lowest BCUT2D eigenvalue weighted by Gasteiger charge is -2.51. The minimum atomic E-state index is -2.48. The highest BCUT2D eigenvalue weighted by Gasteiger charge is 2.55. The van der Waals surface area contributed by atoms with Crippen molar-refractivity contribution in [2.75, 3.05) is 0 Å². The van der Waals surface area contributed by atoms with E-state index in [-0.39, 0.29) is 16.7 Å². The van der Waals surface area contributed by atoms with Gasteiger partial charge in [0.1, 0.15) is 8.07 Å². The van der Waals surface area contributed by atoms with Crippen LogP contribution in [0.5, 0.6) is 0 Å². The molecule has 3 rings (SSSR count). The van der Waals surface area contributed by atoms with Gasteiger partial charge in [-0.05, 0) is 17.0 Å². The van der Waals surface area contributed by atoms with E-state index in [1.807, 2.05) is 0 Å². The number of hydrogen-bond donors (Lipinski definition) is 1. The molecule has 2 heteroatoms. The second-order valence-corrected chi connectivity index (χ2v) is 14.3. The summed E-state index contributed by atoms with van der Waals surface area (Å²) in [6.45, 7) is 9.33. The molecule has 0 bridgehead atoms. The third kappa shape index (κ3) is 4.31. The van der Waals surface area contributed by atoms with Gasteiger partial charge >= 0.3 is 0 Å². The quantitative estimate of drug-likeness (QED) is 0.452. The van der Waals surface area contributed by atoms with Gasteiger partial charge in [0.2, 0.25) is 0 Å². The predicted octanol–water partition coefficient (Wildman–Crippen LogP) is 5.92. The van der Waals surface area contributed by atoms with E-state index in [1.165, 1.54) is 15.9 Å². The van der Waals surface area contributed by atoms with E-state index in [0.717, 1.165) is 19.3 Å². The summed E-state index contributed by atoms with van der Waals surface area (Å²) >= 11 is 0. The smallest absolute Gasteiger partial charge is 0.133 e. The van der Waals surface area contributed by atoms with Crippen molar-refractivity contribution < 1.29 is 5.11 Å². The van der Waals surface area contributed by atoms with Crippen LogP contribution in [-0.4, -0.2) is 19.3 Å². The van der Waals surface area contributed by atoms with Crippen molar-refractivity contribution in [2.45, 2.75) is 63.6 Å². The molecule has 0 radical (unpaired) electrons. The molecular formula is C28H36OSi. The Bertz CT molecular complexity index is 845. The topological polar surface area (TPSA) is 20.2 Å². The van der Waals surface area contributed by atoms with Crippen LogP contribution in [0.2, 0.25) is 5.04 Å². The monoisotopic (exact) mass is 416 g/mol. The SMILES string of the molecule is CCCC[C@H](O)[C@@H](c1ccccc1)[Si](c1ccccc1)(c1ccccc1)C(C)(C)C. The van der Waals surface area contributed by atoms with Crippen LogP contribution in [0.1, 0.15) is 58.1 Å². The highest BCUT2D eigenvalue weighted by Crippen LogP contribution is 2.46. The van der Waals surface area contributed by atoms with Crippen molar-refractivity contribution in [2.24, 2.45) is 0 Å². The van der Waals surface area contributed by atoms with Crippen LogP contribution in [0.15, 0.2) is 91.0 Å². The van der Waals surface area contributed by atoms with E-state index < -0.39 is 8.07 Å². The van der Waals surface area contributed by atoms with Gasteiger partial charge in [-0.1, -0.05) is 142 Å². The van der Waals surface area contributed by atoms with Crippen LogP contribution in [0.3, 0.4) is 0 Å². The zero-order chi connectivity index (χ0) is 21.6. The van der Waals surface area contributed by atoms with Crippen LogP contribution in [0, 0.1) is 0 Å². The molecule has 0 unspecified atom stereocenters. The van der Waals surface area contributed by atoms with Crippen LogP contribution in [0.4, 0.5) is 0 Å². The summed E-state index contributed by atoms with van der Waals surface area (Å²) in [6, 6.07) is 32.8. The van der Waals surface area contributed by atoms with Crippen LogP contribution in [-0.2, 0) is 0 Å². The molecule has 0 saturated heterocycles. The maximum Gasteiger partial charge on any atom is 0.133 e. The Morgan fingerprint density at radius 1 is 0.733 bits per heavy atom. The van der Waals surface area contributed by atoms with Gasteiger partial charge in [0.05, 0.1) is 6.10 Å². The molecule has 0 spiro atoms. The van der Waals surface area contributed by atoms with Gasteiger partial charge in [-0.3, -0.25) is 0 Å². The van der Waals surface area contributed by atoms with Crippen molar-refractivity contribution in [3.05, 3.63) is 96.6 Å². The number of aliphatic hydroxyl groups is 1. The maximum absolute atomic E-state index is 11.7. The summed E-state index contributed by atoms with van der Waals surface area (Å²) in [6.07, 6.45) is 2.60. The zero-order valence-electron chi connectivity index (χ0n) is 18.9. The molecule has 3 aromatic carbocycles. The van der Waals surface area contributed by atoms with Gasteiger partial charge < -0.3 is 5.11 Å². The van der Waals surface area contributed by atoms with Gasteiger partial charge in [-0.2, -0.15) is 0 Å². The van der Waals surface area contributed by atoms with E-state index in [4.69, 9.17) is 0 Å². The minimum absolute atomic E-state index is 0.00338. The molecule has 0 fully saturated rings. The summed E-state index contributed by atoms with van der Waals surface area (Å²) in [4.78, 5) is 0. The van der Waals surface area contributed by atoms with E-state index in [0.29, 0.717) is 0 Å². The first-order valence-electron chi connectivity index (χ1n) is 11.3. The van der Waals surface area contributed by atoms with Gasteiger partial charge in [-0.25, -0.2) is 0 Å². The van der Waals surface area contributed by atoms with Gasteiger partial charge in [0.15, 0.2) is 0 Å². The second kappa shape index (κ2) is 9.76. The Labute approximate surface area is 183 Å². The molecule has 0 aliphatic heterocycles. The summed E-state index contributed by atoms with van der Waals surface area (Å²) in [7, 11) is -2.48. The molecule has 2 atom stereocenters. The van der Waals surface area contributed by atoms with Gasteiger partial charge in [0, 0.05) is 5.54 Å². The Hall–Kier alpha value is -2.16. The number of aliphatic hydroxyl groups excluding tert-OH is 1. The number of benzene rings is 3. The predicted molar refractivity (Wildman–Crippen MR) is 132 cm³/mol. The zero-order valence-corrected chi connectivity index (χ0v) is 19.9. The standard InChI is InChI=1S/C28H36OSi/c1-5-6-22-26(29)27(23-16-10-7-11-17-23)30(28(2,3)4,24-18-12-8-13-19-24)25-20-14-9-15-21-25/h7-21,26-27,29H,5-6,22H2,1-4H3/t26-,27+/m0/s1. The molecule has 0 amide bonds. The highest BCUT2D eigenvalue weighted by atomic mass is 28.3. The van der Waals surface area contributed by atoms with Crippen molar-refractivity contribution in [3.63, 3.8) is 0 Å². The van der Waals surface area contributed by atoms with Crippen molar-refractivity contribution in [1.82, 2.24) is 0 Å². The number of rotatable bonds is 8. The average molecular weight is 417 g/mol. The second-order valence-electron chi connectivity index (χ2n) is 9.39. The Morgan fingerprint density at radius 2 is 1.17 bits per heavy atom. The van der Waals surface area contributed by atoms with Crippen LogP contribution >= 0.6 is 0 Å². The van der Waals surface area contributed by atoms with Gasteiger partial charge in [-0.15, -0.1) is 0 Å². The highest BCUT2D eigenvalue weighted by molar-refractivity contribution is 7.05. The third-order valence-corrected chi connectivity index (χ3v) is 13.0.